The van der Waals surface area contributed by atoms with Crippen molar-refractivity contribution in [2.75, 3.05) is 17.3 Å². The number of benzene rings is 3. The van der Waals surface area contributed by atoms with Gasteiger partial charge in [-0.25, -0.2) is 0 Å². The van der Waals surface area contributed by atoms with Gasteiger partial charge in [0.25, 0.3) is 11.8 Å². The number of hydrogen-bond acceptors (Lipinski definition) is 4. The number of imide groups is 1. The van der Waals surface area contributed by atoms with Crippen LogP contribution in [0.3, 0.4) is 0 Å². The fourth-order valence-electron chi connectivity index (χ4n) is 3.58. The summed E-state index contributed by atoms with van der Waals surface area (Å²) in [6, 6.07) is 18.7. The number of anilines is 2. The summed E-state index contributed by atoms with van der Waals surface area (Å²) >= 11 is 5.34. The Labute approximate surface area is 180 Å². The molecule has 3 aromatic carbocycles. The van der Waals surface area contributed by atoms with Crippen molar-refractivity contribution < 1.29 is 9.59 Å². The Bertz CT molecular complexity index is 1110. The zero-order chi connectivity index (χ0) is 21.1. The van der Waals surface area contributed by atoms with Crippen LogP contribution in [0, 0.1) is 0 Å². The summed E-state index contributed by atoms with van der Waals surface area (Å²) in [5, 5.41) is 4.95. The number of rotatable bonds is 6. The molecule has 152 valence electrons. The summed E-state index contributed by atoms with van der Waals surface area (Å²) in [6.07, 6.45) is 1.71. The van der Waals surface area contributed by atoms with Gasteiger partial charge >= 0.3 is 0 Å². The molecule has 0 aromatic heterocycles. The van der Waals surface area contributed by atoms with Crippen LogP contribution >= 0.6 is 12.2 Å². The predicted molar refractivity (Wildman–Crippen MR) is 124 cm³/mol. The number of para-hydroxylation sites is 1. The molecule has 2 amide bonds. The van der Waals surface area contributed by atoms with Gasteiger partial charge in [0.2, 0.25) is 0 Å². The third kappa shape index (κ3) is 3.71. The maximum absolute atomic E-state index is 12.9. The second kappa shape index (κ2) is 8.51. The molecule has 0 saturated heterocycles. The van der Waals surface area contributed by atoms with Crippen LogP contribution < -0.4 is 16.2 Å². The van der Waals surface area contributed by atoms with Crippen LogP contribution in [-0.4, -0.2) is 28.4 Å². The number of hydrazine groups is 1. The summed E-state index contributed by atoms with van der Waals surface area (Å²) in [5.41, 5.74) is 8.76. The zero-order valence-electron chi connectivity index (χ0n) is 16.6. The van der Waals surface area contributed by atoms with Gasteiger partial charge in [0.15, 0.2) is 5.11 Å². The lowest BCUT2D eigenvalue weighted by atomic mass is 9.93. The van der Waals surface area contributed by atoms with Crippen LogP contribution in [-0.2, 0) is 0 Å². The Morgan fingerprint density at radius 1 is 0.933 bits per heavy atom. The number of nitrogens with one attached hydrogen (secondary N) is 3. The van der Waals surface area contributed by atoms with Crippen LogP contribution in [0.2, 0.25) is 0 Å². The Morgan fingerprint density at radius 2 is 1.67 bits per heavy atom. The van der Waals surface area contributed by atoms with Crippen molar-refractivity contribution in [3.63, 3.8) is 0 Å². The topological polar surface area (TPSA) is 73.5 Å². The smallest absolute Gasteiger partial charge is 0.261 e. The molecule has 0 bridgehead atoms. The first-order valence-corrected chi connectivity index (χ1v) is 10.3. The first-order valence-electron chi connectivity index (χ1n) is 9.90. The molecule has 3 aromatic rings. The maximum atomic E-state index is 12.9. The highest BCUT2D eigenvalue weighted by molar-refractivity contribution is 7.80. The van der Waals surface area contributed by atoms with Crippen LogP contribution in [0.25, 0.3) is 10.8 Å². The van der Waals surface area contributed by atoms with Crippen molar-refractivity contribution in [2.24, 2.45) is 0 Å². The number of hydrogen-bond donors (Lipinski definition) is 3. The van der Waals surface area contributed by atoms with E-state index < -0.39 is 0 Å². The van der Waals surface area contributed by atoms with E-state index in [-0.39, 0.29) is 11.8 Å². The van der Waals surface area contributed by atoms with E-state index in [0.29, 0.717) is 28.2 Å². The molecule has 3 N–H and O–H groups in total. The van der Waals surface area contributed by atoms with Gasteiger partial charge in [-0.05, 0) is 49.0 Å². The number of carbonyl (C=O) groups excluding carboxylic acids is 2. The van der Waals surface area contributed by atoms with Gasteiger partial charge in [-0.15, -0.1) is 0 Å². The highest BCUT2D eigenvalue weighted by atomic mass is 32.1. The van der Waals surface area contributed by atoms with E-state index in [2.05, 4.69) is 16.2 Å². The molecule has 0 atom stereocenters. The summed E-state index contributed by atoms with van der Waals surface area (Å²) < 4.78 is 0. The number of unbranched alkanes of at least 4 members (excludes halogenated alkanes) is 1. The lowest BCUT2D eigenvalue weighted by Crippen LogP contribution is -2.41. The average molecular weight is 419 g/mol. The van der Waals surface area contributed by atoms with Crippen molar-refractivity contribution in [2.45, 2.75) is 19.8 Å². The highest BCUT2D eigenvalue weighted by Crippen LogP contribution is 2.34. The fraction of sp³-hybridized carbons (Fsp3) is 0.174. The van der Waals surface area contributed by atoms with E-state index in [9.17, 15) is 9.59 Å². The second-order valence-corrected chi connectivity index (χ2v) is 7.48. The van der Waals surface area contributed by atoms with Gasteiger partial charge in [-0.3, -0.25) is 25.3 Å². The lowest BCUT2D eigenvalue weighted by molar-refractivity contribution is 0.0608. The molecule has 0 unspecified atom stereocenters. The molecule has 0 fully saturated rings. The van der Waals surface area contributed by atoms with E-state index in [1.54, 1.807) is 12.1 Å². The molecule has 1 aliphatic heterocycles. The van der Waals surface area contributed by atoms with Crippen LogP contribution in [0.5, 0.6) is 0 Å². The van der Waals surface area contributed by atoms with E-state index in [0.717, 1.165) is 29.6 Å². The van der Waals surface area contributed by atoms with Crippen LogP contribution in [0.4, 0.5) is 11.4 Å². The molecule has 0 spiro atoms. The number of amides is 2. The third-order valence-corrected chi connectivity index (χ3v) is 5.27. The maximum Gasteiger partial charge on any atom is 0.261 e. The monoisotopic (exact) mass is 418 g/mol. The van der Waals surface area contributed by atoms with Gasteiger partial charge in [0, 0.05) is 34.1 Å². The van der Waals surface area contributed by atoms with E-state index >= 15 is 0 Å². The second-order valence-electron chi connectivity index (χ2n) is 7.07. The number of nitrogens with zero attached hydrogens (tertiary/aromatic N) is 1. The third-order valence-electron chi connectivity index (χ3n) is 5.07. The van der Waals surface area contributed by atoms with Crippen molar-refractivity contribution in [1.82, 2.24) is 10.3 Å². The van der Waals surface area contributed by atoms with Crippen molar-refractivity contribution in [3.8, 4) is 0 Å². The minimum atomic E-state index is -0.238. The fourth-order valence-corrected chi connectivity index (χ4v) is 3.75. The molecular formula is C23H22N4O2S. The summed E-state index contributed by atoms with van der Waals surface area (Å²) in [4.78, 5) is 27.2. The summed E-state index contributed by atoms with van der Waals surface area (Å²) in [6.45, 7) is 2.47. The molecule has 0 radical (unpaired) electrons. The van der Waals surface area contributed by atoms with Crippen LogP contribution in [0.15, 0.2) is 60.7 Å². The van der Waals surface area contributed by atoms with Gasteiger partial charge in [-0.2, -0.15) is 0 Å². The minimum Gasteiger partial charge on any atom is -0.331 e. The summed E-state index contributed by atoms with van der Waals surface area (Å²) in [5.74, 6) is -0.476. The Hall–Kier alpha value is -3.45. The summed E-state index contributed by atoms with van der Waals surface area (Å²) in [7, 11) is 0. The highest BCUT2D eigenvalue weighted by Gasteiger charge is 2.32. The largest absolute Gasteiger partial charge is 0.331 e. The SMILES string of the molecule is CCCCN1C(=O)c2cccc3c(NNC(=S)Nc4ccccc4)ccc(c23)C1=O. The zero-order valence-corrected chi connectivity index (χ0v) is 17.4. The molecule has 0 aliphatic carbocycles. The Kier molecular flexibility index (Phi) is 5.63. The number of thiocarbonyl (C=S) groups is 1. The lowest BCUT2D eigenvalue weighted by Gasteiger charge is -2.28. The molecule has 6 nitrogen and oxygen atoms in total. The van der Waals surface area contributed by atoms with Crippen LogP contribution in [0.1, 0.15) is 40.5 Å². The van der Waals surface area contributed by atoms with E-state index in [1.807, 2.05) is 55.5 Å². The standard InChI is InChI=1S/C23H22N4O2S/c1-2-3-14-27-21(28)17-11-7-10-16-19(13-12-18(20(16)17)22(27)29)25-26-23(30)24-15-8-5-4-6-9-15/h4-13,25H,2-3,14H2,1H3,(H2,24,26,30). The molecule has 0 saturated carbocycles. The molecular weight excluding hydrogens is 396 g/mol. The molecule has 1 heterocycles. The van der Waals surface area contributed by atoms with Crippen molar-refractivity contribution >= 4 is 51.3 Å². The Morgan fingerprint density at radius 3 is 2.40 bits per heavy atom. The minimum absolute atomic E-state index is 0.238. The van der Waals surface area contributed by atoms with Crippen molar-refractivity contribution in [1.29, 1.82) is 0 Å². The molecule has 4 rings (SSSR count). The number of carbonyl (C=O) groups is 2. The van der Waals surface area contributed by atoms with E-state index in [4.69, 9.17) is 12.2 Å². The molecule has 30 heavy (non-hydrogen) atoms. The Balaban J connectivity index is 1.60. The van der Waals surface area contributed by atoms with E-state index in [1.165, 1.54) is 4.90 Å². The first-order chi connectivity index (χ1) is 14.6. The molecule has 7 heteroatoms. The first kappa shape index (κ1) is 19.8. The van der Waals surface area contributed by atoms with Gasteiger partial charge in [-0.1, -0.05) is 43.7 Å². The van der Waals surface area contributed by atoms with Crippen molar-refractivity contribution in [3.05, 3.63) is 71.8 Å². The van der Waals surface area contributed by atoms with Gasteiger partial charge < -0.3 is 5.32 Å². The quantitative estimate of drug-likeness (QED) is 0.310. The molecule has 1 aliphatic rings. The van der Waals surface area contributed by atoms with Gasteiger partial charge in [0.05, 0.1) is 5.69 Å². The predicted octanol–water partition coefficient (Wildman–Crippen LogP) is 4.55. The average Bonchev–Trinajstić information content (AvgIpc) is 2.77. The normalized spacial score (nSPS) is 12.8. The van der Waals surface area contributed by atoms with Gasteiger partial charge in [0.1, 0.15) is 0 Å².